The first kappa shape index (κ1) is 23.8. The van der Waals surface area contributed by atoms with Gasteiger partial charge in [-0.15, -0.1) is 0 Å². The van der Waals surface area contributed by atoms with Crippen LogP contribution in [0.5, 0.6) is 5.88 Å². The first-order chi connectivity index (χ1) is 14.8. The van der Waals surface area contributed by atoms with E-state index in [2.05, 4.69) is 20.3 Å². The van der Waals surface area contributed by atoms with Crippen LogP contribution in [0.2, 0.25) is 0 Å². The predicted octanol–water partition coefficient (Wildman–Crippen LogP) is 3.24. The number of nitrogens with zero attached hydrogens (tertiary/aromatic N) is 3. The third-order valence-electron chi connectivity index (χ3n) is 5.30. The van der Waals surface area contributed by atoms with Gasteiger partial charge in [0.2, 0.25) is 5.88 Å². The van der Waals surface area contributed by atoms with Gasteiger partial charge in [-0.2, -0.15) is 10.6 Å². The van der Waals surface area contributed by atoms with E-state index in [9.17, 15) is 27.1 Å². The molecule has 1 aliphatic heterocycles. The average Bonchev–Trinajstić information content (AvgIpc) is 2.73. The highest BCUT2D eigenvalue weighted by Gasteiger charge is 2.56. The Morgan fingerprint density at radius 3 is 2.50 bits per heavy atom. The van der Waals surface area contributed by atoms with Crippen LogP contribution in [0.25, 0.3) is 0 Å². The number of aliphatic imine (C=N–C) groups is 1. The Labute approximate surface area is 183 Å². The molecule has 2 aromatic rings. The molecule has 174 valence electrons. The number of anilines is 1. The lowest BCUT2D eigenvalue weighted by Crippen LogP contribution is -2.55. The summed E-state index contributed by atoms with van der Waals surface area (Å²) in [6.45, 7) is 2.72. The molecule has 0 fully saturated rings. The van der Waals surface area contributed by atoms with E-state index in [0.717, 1.165) is 24.4 Å². The molecule has 0 unspecified atom stereocenters. The second-order valence-electron chi connectivity index (χ2n) is 7.64. The molecule has 1 atom stereocenters. The van der Waals surface area contributed by atoms with Crippen molar-refractivity contribution in [3.8, 4) is 5.88 Å². The van der Waals surface area contributed by atoms with Gasteiger partial charge < -0.3 is 15.8 Å². The van der Waals surface area contributed by atoms with Gasteiger partial charge in [0.1, 0.15) is 22.1 Å². The summed E-state index contributed by atoms with van der Waals surface area (Å²) in [7, 11) is -2.36. The summed E-state index contributed by atoms with van der Waals surface area (Å²) < 4.78 is 67.8. The second-order valence-corrected chi connectivity index (χ2v) is 10.3. The standard InChI is InChI=1S/C19H22F3N5O4S/c1-18(2)17(23)27-19(16(21)22,9-32(18,29)30)11-6-10(4-5-12(11)20)26-15(28)13-7-25-14(31-3)8-24-13/h4-8,16,29-30H,9H2,1-3H3,(H2,23,27)(H,26,28)/t19-/m0/s1. The molecule has 0 aliphatic carbocycles. The van der Waals surface area contributed by atoms with Crippen molar-refractivity contribution in [1.29, 1.82) is 0 Å². The number of benzene rings is 1. The lowest BCUT2D eigenvalue weighted by molar-refractivity contribution is 0.0608. The highest BCUT2D eigenvalue weighted by molar-refractivity contribution is 8.26. The predicted molar refractivity (Wildman–Crippen MR) is 114 cm³/mol. The SMILES string of the molecule is COc1cnc(C(=O)Nc2ccc(F)c([C@]3(C(F)F)CS(O)(O)C(C)(C)C(N)=N3)c2)cn1. The molecule has 0 radical (unpaired) electrons. The Bertz CT molecular complexity index is 1070. The Morgan fingerprint density at radius 1 is 1.28 bits per heavy atom. The number of ether oxygens (including phenoxy) is 1. The molecule has 9 nitrogen and oxygen atoms in total. The number of rotatable bonds is 5. The minimum absolute atomic E-state index is 0.0425. The molecule has 0 saturated heterocycles. The fourth-order valence-corrected chi connectivity index (χ4v) is 4.77. The monoisotopic (exact) mass is 473 g/mol. The molecular formula is C19H22F3N5O4S. The molecular weight excluding hydrogens is 451 g/mol. The maximum absolute atomic E-state index is 14.7. The molecule has 5 N–H and O–H groups in total. The molecule has 1 aromatic heterocycles. The number of amides is 1. The normalized spacial score (nSPS) is 22.7. The van der Waals surface area contributed by atoms with Crippen molar-refractivity contribution in [3.05, 3.63) is 47.7 Å². The summed E-state index contributed by atoms with van der Waals surface area (Å²) in [5.74, 6) is -3.01. The number of amidine groups is 1. The van der Waals surface area contributed by atoms with E-state index in [4.69, 9.17) is 10.5 Å². The highest BCUT2D eigenvalue weighted by Crippen LogP contribution is 2.60. The van der Waals surface area contributed by atoms with Gasteiger partial charge in [0.05, 0.1) is 25.3 Å². The van der Waals surface area contributed by atoms with Crippen molar-refractivity contribution < 1.29 is 31.8 Å². The van der Waals surface area contributed by atoms with Crippen LogP contribution in [-0.2, 0) is 5.54 Å². The Hall–Kier alpha value is -2.90. The number of methoxy groups -OCH3 is 1. The molecule has 0 saturated carbocycles. The van der Waals surface area contributed by atoms with E-state index in [1.54, 1.807) is 0 Å². The summed E-state index contributed by atoms with van der Waals surface area (Å²) >= 11 is 0. The molecule has 1 aliphatic rings. The van der Waals surface area contributed by atoms with Crippen LogP contribution in [-0.4, -0.2) is 54.9 Å². The van der Waals surface area contributed by atoms with E-state index in [1.165, 1.54) is 27.2 Å². The zero-order valence-electron chi connectivity index (χ0n) is 17.3. The largest absolute Gasteiger partial charge is 0.480 e. The van der Waals surface area contributed by atoms with E-state index in [1.807, 2.05) is 0 Å². The smallest absolute Gasteiger partial charge is 0.275 e. The minimum atomic E-state index is -3.73. The molecule has 0 bridgehead atoms. The van der Waals surface area contributed by atoms with Crippen molar-refractivity contribution >= 4 is 28.0 Å². The van der Waals surface area contributed by atoms with Gasteiger partial charge in [0.15, 0.2) is 5.54 Å². The van der Waals surface area contributed by atoms with E-state index < -0.39 is 56.2 Å². The van der Waals surface area contributed by atoms with Crippen molar-refractivity contribution in [3.63, 3.8) is 0 Å². The first-order valence-corrected chi connectivity index (χ1v) is 10.9. The zero-order valence-corrected chi connectivity index (χ0v) is 18.2. The summed E-state index contributed by atoms with van der Waals surface area (Å²) in [4.78, 5) is 24.0. The van der Waals surface area contributed by atoms with Gasteiger partial charge in [-0.25, -0.2) is 23.1 Å². The number of aromatic nitrogens is 2. The molecule has 3 rings (SSSR count). The summed E-state index contributed by atoms with van der Waals surface area (Å²) in [5, 5.41) is 2.42. The van der Waals surface area contributed by atoms with Crippen molar-refractivity contribution in [2.24, 2.45) is 10.7 Å². The second kappa shape index (κ2) is 8.22. The van der Waals surface area contributed by atoms with Crippen LogP contribution in [0.15, 0.2) is 35.6 Å². The quantitative estimate of drug-likeness (QED) is 0.522. The number of carbonyl (C=O) groups excluding carboxylic acids is 1. The van der Waals surface area contributed by atoms with Gasteiger partial charge >= 0.3 is 0 Å². The van der Waals surface area contributed by atoms with E-state index in [0.29, 0.717) is 0 Å². The number of nitrogens with one attached hydrogen (secondary N) is 1. The molecule has 0 spiro atoms. The average molecular weight is 473 g/mol. The summed E-state index contributed by atoms with van der Waals surface area (Å²) in [6.07, 6.45) is -0.970. The van der Waals surface area contributed by atoms with Gasteiger partial charge in [0, 0.05) is 11.3 Å². The lowest BCUT2D eigenvalue weighted by Gasteiger charge is -2.53. The molecule has 32 heavy (non-hydrogen) atoms. The fourth-order valence-electron chi connectivity index (χ4n) is 3.07. The third kappa shape index (κ3) is 3.98. The molecule has 1 amide bonds. The van der Waals surface area contributed by atoms with Gasteiger partial charge in [-0.3, -0.25) is 18.9 Å². The minimum Gasteiger partial charge on any atom is -0.480 e. The van der Waals surface area contributed by atoms with Crippen LogP contribution in [0.1, 0.15) is 29.9 Å². The zero-order chi connectivity index (χ0) is 23.9. The van der Waals surface area contributed by atoms with Gasteiger partial charge in [0.25, 0.3) is 12.3 Å². The number of carbonyl (C=O) groups is 1. The van der Waals surface area contributed by atoms with Gasteiger partial charge in [-0.05, 0) is 32.0 Å². The number of alkyl halides is 2. The lowest BCUT2D eigenvalue weighted by atomic mass is 9.91. The number of hydrogen-bond acceptors (Lipinski definition) is 8. The van der Waals surface area contributed by atoms with Crippen LogP contribution in [0.4, 0.5) is 18.9 Å². The Kier molecular flexibility index (Phi) is 6.10. The van der Waals surface area contributed by atoms with Gasteiger partial charge in [-0.1, -0.05) is 0 Å². The Morgan fingerprint density at radius 2 is 1.97 bits per heavy atom. The first-order valence-electron chi connectivity index (χ1n) is 9.21. The fraction of sp³-hybridized carbons (Fsp3) is 0.368. The summed E-state index contributed by atoms with van der Waals surface area (Å²) in [6, 6.07) is 2.98. The molecule has 13 heteroatoms. The molecule has 2 heterocycles. The van der Waals surface area contributed by atoms with E-state index in [-0.39, 0.29) is 17.3 Å². The number of nitrogens with two attached hydrogens (primary N) is 1. The van der Waals surface area contributed by atoms with Crippen LogP contribution in [0.3, 0.4) is 0 Å². The Balaban J connectivity index is 2.03. The maximum Gasteiger partial charge on any atom is 0.275 e. The highest BCUT2D eigenvalue weighted by atomic mass is 32.3. The van der Waals surface area contributed by atoms with Crippen LogP contribution in [0, 0.1) is 5.82 Å². The number of halogens is 3. The topological polar surface area (TPSA) is 143 Å². The van der Waals surface area contributed by atoms with Crippen molar-refractivity contribution in [2.75, 3.05) is 18.2 Å². The van der Waals surface area contributed by atoms with Crippen LogP contribution >= 0.6 is 10.6 Å². The maximum atomic E-state index is 14.7. The van der Waals surface area contributed by atoms with E-state index >= 15 is 0 Å². The van der Waals surface area contributed by atoms with Crippen LogP contribution < -0.4 is 15.8 Å². The summed E-state index contributed by atoms with van der Waals surface area (Å²) in [5.41, 5.74) is 2.38. The van der Waals surface area contributed by atoms with Crippen molar-refractivity contribution in [1.82, 2.24) is 9.97 Å². The third-order valence-corrected chi connectivity index (χ3v) is 7.98. The molecule has 1 aromatic carbocycles. The number of hydrogen-bond donors (Lipinski definition) is 4. The van der Waals surface area contributed by atoms with Crippen molar-refractivity contribution in [2.45, 2.75) is 30.6 Å².